The van der Waals surface area contributed by atoms with Crippen LogP contribution in [0.25, 0.3) is 0 Å². The molecule has 1 aliphatic carbocycles. The Hall–Kier alpha value is -3.53. The molecule has 35 heavy (non-hydrogen) atoms. The summed E-state index contributed by atoms with van der Waals surface area (Å²) >= 11 is 0. The molecule has 0 atom stereocenters. The molecule has 0 aromatic carbocycles. The van der Waals surface area contributed by atoms with E-state index in [-0.39, 0.29) is 30.0 Å². The zero-order chi connectivity index (χ0) is 24.8. The van der Waals surface area contributed by atoms with E-state index in [1.54, 1.807) is 24.7 Å². The lowest BCUT2D eigenvalue weighted by Crippen LogP contribution is -2.49. The Morgan fingerprint density at radius 1 is 1.11 bits per heavy atom. The van der Waals surface area contributed by atoms with Crippen LogP contribution in [-0.4, -0.2) is 32.9 Å². The van der Waals surface area contributed by atoms with Crippen LogP contribution in [-0.2, 0) is 24.4 Å². The first kappa shape index (κ1) is 24.6. The number of nitrogens with zero attached hydrogens (tertiary/aromatic N) is 3. The maximum atomic E-state index is 13.8. The first-order valence-electron chi connectivity index (χ1n) is 12.2. The summed E-state index contributed by atoms with van der Waals surface area (Å²) < 4.78 is 12.4. The third-order valence-electron chi connectivity index (χ3n) is 6.43. The van der Waals surface area contributed by atoms with Gasteiger partial charge in [-0.3, -0.25) is 24.0 Å². The van der Waals surface area contributed by atoms with E-state index in [4.69, 9.17) is 14.6 Å². The van der Waals surface area contributed by atoms with Crippen molar-refractivity contribution in [2.45, 2.75) is 71.1 Å². The van der Waals surface area contributed by atoms with Gasteiger partial charge in [-0.15, -0.1) is 0 Å². The van der Waals surface area contributed by atoms with Gasteiger partial charge in [0, 0.05) is 12.6 Å². The topological polar surface area (TPSA) is 131 Å². The quantitative estimate of drug-likeness (QED) is 0.428. The summed E-state index contributed by atoms with van der Waals surface area (Å²) in [7, 11) is 0. The average Bonchev–Trinajstić information content (AvgIpc) is 3.60. The van der Waals surface area contributed by atoms with Gasteiger partial charge in [0.05, 0.1) is 32.2 Å². The molecule has 10 nitrogen and oxygen atoms in total. The van der Waals surface area contributed by atoms with Gasteiger partial charge in [0.25, 0.3) is 5.56 Å². The number of rotatable bonds is 11. The number of nitrogens with one attached hydrogen (secondary N) is 1. The van der Waals surface area contributed by atoms with Crippen molar-refractivity contribution in [1.29, 1.82) is 0 Å². The minimum absolute atomic E-state index is 0.0187. The lowest BCUT2D eigenvalue weighted by Gasteiger charge is -2.32. The second-order valence-electron chi connectivity index (χ2n) is 9.00. The van der Waals surface area contributed by atoms with Crippen molar-refractivity contribution in [3.63, 3.8) is 0 Å². The summed E-state index contributed by atoms with van der Waals surface area (Å²) in [6.45, 7) is 3.18. The van der Waals surface area contributed by atoms with E-state index in [1.807, 2.05) is 24.0 Å². The zero-order valence-electron chi connectivity index (χ0n) is 20.1. The van der Waals surface area contributed by atoms with Gasteiger partial charge in [-0.05, 0) is 43.5 Å². The van der Waals surface area contributed by atoms with Crippen molar-refractivity contribution < 1.29 is 13.6 Å². The Morgan fingerprint density at radius 3 is 2.29 bits per heavy atom. The van der Waals surface area contributed by atoms with Crippen LogP contribution in [0, 0.1) is 0 Å². The van der Waals surface area contributed by atoms with Crippen LogP contribution >= 0.6 is 0 Å². The number of unbranched alkanes of at least 4 members (excludes halogenated alkanes) is 1. The van der Waals surface area contributed by atoms with E-state index in [0.717, 1.165) is 38.5 Å². The highest BCUT2D eigenvalue weighted by Crippen LogP contribution is 2.30. The van der Waals surface area contributed by atoms with Gasteiger partial charge in [0.2, 0.25) is 5.91 Å². The highest BCUT2D eigenvalue weighted by molar-refractivity contribution is 5.97. The fourth-order valence-electron chi connectivity index (χ4n) is 4.70. The first-order valence-corrected chi connectivity index (χ1v) is 12.2. The molecule has 1 amide bonds. The lowest BCUT2D eigenvalue weighted by molar-refractivity contribution is -0.120. The number of aromatic amines is 1. The van der Waals surface area contributed by atoms with Gasteiger partial charge in [0.1, 0.15) is 17.3 Å². The number of amides is 1. The van der Waals surface area contributed by atoms with E-state index < -0.39 is 11.2 Å². The van der Waals surface area contributed by atoms with Crippen molar-refractivity contribution in [3.8, 4) is 0 Å². The molecule has 1 saturated carbocycles. The van der Waals surface area contributed by atoms with Gasteiger partial charge in [0.15, 0.2) is 5.69 Å². The zero-order valence-corrected chi connectivity index (χ0v) is 20.1. The van der Waals surface area contributed by atoms with Crippen LogP contribution in [0.5, 0.6) is 0 Å². The summed E-state index contributed by atoms with van der Waals surface area (Å²) in [5, 5.41) is 0. The van der Waals surface area contributed by atoms with Crippen molar-refractivity contribution >= 4 is 17.4 Å². The van der Waals surface area contributed by atoms with Gasteiger partial charge in [-0.2, -0.15) is 0 Å². The maximum absolute atomic E-state index is 13.8. The largest absolute Gasteiger partial charge is 0.468 e. The molecule has 0 aliphatic heterocycles. The number of anilines is 2. The van der Waals surface area contributed by atoms with E-state index in [2.05, 4.69) is 4.98 Å². The molecule has 10 heteroatoms. The lowest BCUT2D eigenvalue weighted by atomic mass is 10.1. The molecule has 1 fully saturated rings. The molecular weight excluding hydrogens is 450 g/mol. The number of aromatic nitrogens is 2. The number of carbonyl (C=O) groups excluding carboxylic acids is 1. The van der Waals surface area contributed by atoms with E-state index >= 15 is 0 Å². The fourth-order valence-corrected chi connectivity index (χ4v) is 4.70. The summed E-state index contributed by atoms with van der Waals surface area (Å²) in [5.74, 6) is 1.20. The number of H-pyrrole nitrogens is 1. The minimum atomic E-state index is -0.635. The van der Waals surface area contributed by atoms with E-state index in [1.165, 1.54) is 9.47 Å². The fraction of sp³-hybridized carbons (Fsp3) is 0.480. The molecule has 3 N–H and O–H groups in total. The van der Waals surface area contributed by atoms with E-state index in [9.17, 15) is 14.4 Å². The Bertz CT molecular complexity index is 1170. The Morgan fingerprint density at radius 2 is 1.74 bits per heavy atom. The Kier molecular flexibility index (Phi) is 7.91. The highest BCUT2D eigenvalue weighted by atomic mass is 16.3. The van der Waals surface area contributed by atoms with Crippen molar-refractivity contribution in [3.05, 3.63) is 69.2 Å². The SMILES string of the molecule is CCCCn1c(N)c(N(C(=O)CN(Cc2ccco2)Cc2ccco2)C2CCCC2)c(=O)[nH]c1=O. The monoisotopic (exact) mass is 483 g/mol. The number of furan rings is 2. The third-order valence-corrected chi connectivity index (χ3v) is 6.43. The Labute approximate surface area is 203 Å². The van der Waals surface area contributed by atoms with E-state index in [0.29, 0.717) is 31.2 Å². The number of nitrogens with two attached hydrogens (primary N) is 1. The molecule has 3 heterocycles. The summed E-state index contributed by atoms with van der Waals surface area (Å²) in [6, 6.07) is 7.14. The number of hydrogen-bond donors (Lipinski definition) is 2. The standard InChI is InChI=1S/C25H33N5O5/c1-2-3-12-29-23(26)22(24(32)27-25(29)33)30(18-8-4-5-9-18)21(31)17-28(15-19-10-6-13-34-19)16-20-11-7-14-35-20/h6-7,10-11,13-14,18H,2-5,8-9,12,15-17,26H2,1H3,(H,27,32,33). The molecule has 188 valence electrons. The molecule has 3 aromatic heterocycles. The molecule has 4 rings (SSSR count). The van der Waals surface area contributed by atoms with Crippen LogP contribution in [0.2, 0.25) is 0 Å². The van der Waals surface area contributed by atoms with Crippen LogP contribution < -0.4 is 21.9 Å². The van der Waals surface area contributed by atoms with Gasteiger partial charge in [-0.25, -0.2) is 4.79 Å². The number of nitrogen functional groups attached to an aromatic ring is 1. The van der Waals surface area contributed by atoms with Crippen molar-refractivity contribution in [2.24, 2.45) is 0 Å². The molecule has 0 bridgehead atoms. The number of carbonyl (C=O) groups is 1. The van der Waals surface area contributed by atoms with Crippen LogP contribution in [0.1, 0.15) is 57.0 Å². The first-order chi connectivity index (χ1) is 17.0. The summed E-state index contributed by atoms with van der Waals surface area (Å²) in [5.41, 5.74) is 5.26. The molecule has 1 aliphatic rings. The normalized spacial score (nSPS) is 14.1. The van der Waals surface area contributed by atoms with Gasteiger partial charge in [-0.1, -0.05) is 26.2 Å². The van der Waals surface area contributed by atoms with Crippen LogP contribution in [0.3, 0.4) is 0 Å². The van der Waals surface area contributed by atoms with Crippen LogP contribution in [0.15, 0.2) is 55.2 Å². The number of hydrogen-bond acceptors (Lipinski definition) is 7. The molecule has 0 radical (unpaired) electrons. The predicted octanol–water partition coefficient (Wildman–Crippen LogP) is 3.08. The average molecular weight is 484 g/mol. The van der Waals surface area contributed by atoms with Gasteiger partial charge >= 0.3 is 5.69 Å². The minimum Gasteiger partial charge on any atom is -0.468 e. The molecular formula is C25H33N5O5. The highest BCUT2D eigenvalue weighted by Gasteiger charge is 2.33. The Balaban J connectivity index is 1.67. The van der Waals surface area contributed by atoms with Gasteiger partial charge < -0.3 is 19.5 Å². The second kappa shape index (κ2) is 11.3. The maximum Gasteiger partial charge on any atom is 0.330 e. The predicted molar refractivity (Wildman–Crippen MR) is 132 cm³/mol. The summed E-state index contributed by atoms with van der Waals surface area (Å²) in [6.07, 6.45) is 8.24. The van der Waals surface area contributed by atoms with Crippen molar-refractivity contribution in [1.82, 2.24) is 14.5 Å². The van der Waals surface area contributed by atoms with Crippen molar-refractivity contribution in [2.75, 3.05) is 17.2 Å². The van der Waals surface area contributed by atoms with Crippen LogP contribution in [0.4, 0.5) is 11.5 Å². The summed E-state index contributed by atoms with van der Waals surface area (Å²) in [4.78, 5) is 45.1. The smallest absolute Gasteiger partial charge is 0.330 e. The molecule has 0 unspecified atom stereocenters. The molecule has 0 saturated heterocycles. The molecule has 3 aromatic rings. The third kappa shape index (κ3) is 5.76. The second-order valence-corrected chi connectivity index (χ2v) is 9.00. The molecule has 0 spiro atoms.